The molecule has 0 atom stereocenters. The summed E-state index contributed by atoms with van der Waals surface area (Å²) in [5, 5.41) is 2.62. The zero-order valence-corrected chi connectivity index (χ0v) is 11.9. The molecule has 0 spiro atoms. The van der Waals surface area contributed by atoms with Crippen LogP contribution in [0.2, 0.25) is 0 Å². The number of likely N-dealkylation sites (tertiary alicyclic amines) is 1. The minimum absolute atomic E-state index is 0.451. The first-order valence-electron chi connectivity index (χ1n) is 6.84. The maximum atomic E-state index is 12.0. The van der Waals surface area contributed by atoms with Crippen molar-refractivity contribution in [1.82, 2.24) is 4.90 Å². The summed E-state index contributed by atoms with van der Waals surface area (Å²) in [6, 6.07) is 6.90. The van der Waals surface area contributed by atoms with Gasteiger partial charge < -0.3 is 15.0 Å². The van der Waals surface area contributed by atoms with E-state index >= 15 is 0 Å². The van der Waals surface area contributed by atoms with Crippen molar-refractivity contribution in [1.29, 1.82) is 0 Å². The molecule has 1 N–H and O–H groups in total. The second-order valence-corrected chi connectivity index (χ2v) is 5.16. The molecule has 1 aromatic rings. The molecule has 2 amide bonds. The van der Waals surface area contributed by atoms with Gasteiger partial charge >= 0.3 is 11.8 Å². The predicted molar refractivity (Wildman–Crippen MR) is 76.6 cm³/mol. The fraction of sp³-hybridized carbons (Fsp3) is 0.467. The quantitative estimate of drug-likeness (QED) is 0.839. The number of hydrogen-bond acceptors (Lipinski definition) is 3. The number of amides is 2. The SMILES string of the molecule is COc1ccc(NC(=O)C(=O)N2CCC(C)CC2)cc1. The van der Waals surface area contributed by atoms with Crippen molar-refractivity contribution in [2.75, 3.05) is 25.5 Å². The molecule has 0 unspecified atom stereocenters. The van der Waals surface area contributed by atoms with Crippen LogP contribution in [0.4, 0.5) is 5.69 Å². The molecule has 1 heterocycles. The summed E-state index contributed by atoms with van der Waals surface area (Å²) in [7, 11) is 1.58. The lowest BCUT2D eigenvalue weighted by Gasteiger charge is -2.29. The first-order chi connectivity index (χ1) is 9.60. The minimum atomic E-state index is -0.579. The molecule has 1 saturated heterocycles. The topological polar surface area (TPSA) is 58.6 Å². The lowest BCUT2D eigenvalue weighted by atomic mass is 9.99. The molecule has 20 heavy (non-hydrogen) atoms. The molecule has 1 fully saturated rings. The van der Waals surface area contributed by atoms with Gasteiger partial charge in [-0.1, -0.05) is 6.92 Å². The van der Waals surface area contributed by atoms with Crippen molar-refractivity contribution in [3.8, 4) is 5.75 Å². The van der Waals surface area contributed by atoms with E-state index in [0.29, 0.717) is 30.4 Å². The fourth-order valence-electron chi connectivity index (χ4n) is 2.21. The average molecular weight is 276 g/mol. The summed E-state index contributed by atoms with van der Waals surface area (Å²) in [5.41, 5.74) is 0.592. The number of benzene rings is 1. The van der Waals surface area contributed by atoms with Crippen molar-refractivity contribution in [2.24, 2.45) is 5.92 Å². The molecular formula is C15H20N2O3. The van der Waals surface area contributed by atoms with Crippen LogP contribution >= 0.6 is 0 Å². The van der Waals surface area contributed by atoms with Gasteiger partial charge in [0.1, 0.15) is 5.75 Å². The molecule has 0 aromatic heterocycles. The van der Waals surface area contributed by atoms with Crippen LogP contribution in [0.5, 0.6) is 5.75 Å². The normalized spacial score (nSPS) is 15.8. The van der Waals surface area contributed by atoms with E-state index in [-0.39, 0.29) is 0 Å². The Morgan fingerprint density at radius 3 is 2.35 bits per heavy atom. The summed E-state index contributed by atoms with van der Waals surface area (Å²) < 4.78 is 5.04. The maximum Gasteiger partial charge on any atom is 0.313 e. The smallest absolute Gasteiger partial charge is 0.313 e. The maximum absolute atomic E-state index is 12.0. The van der Waals surface area contributed by atoms with Gasteiger partial charge in [-0.3, -0.25) is 9.59 Å². The van der Waals surface area contributed by atoms with Gasteiger partial charge in [0.05, 0.1) is 7.11 Å². The van der Waals surface area contributed by atoms with Gasteiger partial charge in [-0.05, 0) is 43.0 Å². The molecular weight excluding hydrogens is 256 g/mol. The number of piperidine rings is 1. The number of nitrogens with one attached hydrogen (secondary N) is 1. The number of methoxy groups -OCH3 is 1. The van der Waals surface area contributed by atoms with Gasteiger partial charge in [-0.2, -0.15) is 0 Å². The Morgan fingerprint density at radius 2 is 1.80 bits per heavy atom. The van der Waals surface area contributed by atoms with E-state index < -0.39 is 11.8 Å². The lowest BCUT2D eigenvalue weighted by Crippen LogP contribution is -2.43. The van der Waals surface area contributed by atoms with Crippen molar-refractivity contribution in [3.05, 3.63) is 24.3 Å². The van der Waals surface area contributed by atoms with Crippen LogP contribution in [0.15, 0.2) is 24.3 Å². The Labute approximate surface area is 118 Å². The molecule has 1 aliphatic rings. The van der Waals surface area contributed by atoms with E-state index in [1.807, 2.05) is 0 Å². The van der Waals surface area contributed by atoms with Crippen LogP contribution in [-0.2, 0) is 9.59 Å². The van der Waals surface area contributed by atoms with Crippen molar-refractivity contribution < 1.29 is 14.3 Å². The molecule has 0 aliphatic carbocycles. The predicted octanol–water partition coefficient (Wildman–Crippen LogP) is 1.89. The van der Waals surface area contributed by atoms with E-state index in [1.165, 1.54) is 0 Å². The van der Waals surface area contributed by atoms with Crippen molar-refractivity contribution in [2.45, 2.75) is 19.8 Å². The summed E-state index contributed by atoms with van der Waals surface area (Å²) in [5.74, 6) is 0.306. The van der Waals surface area contributed by atoms with E-state index in [2.05, 4.69) is 12.2 Å². The third kappa shape index (κ3) is 3.50. The molecule has 0 radical (unpaired) electrons. The van der Waals surface area contributed by atoms with Crippen LogP contribution in [0.3, 0.4) is 0 Å². The van der Waals surface area contributed by atoms with Crippen LogP contribution in [-0.4, -0.2) is 36.9 Å². The molecule has 0 saturated carbocycles. The van der Waals surface area contributed by atoms with Gasteiger partial charge in [0.2, 0.25) is 0 Å². The van der Waals surface area contributed by atoms with Crippen molar-refractivity contribution in [3.63, 3.8) is 0 Å². The third-order valence-corrected chi connectivity index (χ3v) is 3.61. The van der Waals surface area contributed by atoms with E-state index in [9.17, 15) is 9.59 Å². The molecule has 108 valence electrons. The zero-order chi connectivity index (χ0) is 14.5. The highest BCUT2D eigenvalue weighted by atomic mass is 16.5. The Bertz CT molecular complexity index is 476. The number of carbonyl (C=O) groups is 2. The minimum Gasteiger partial charge on any atom is -0.497 e. The largest absolute Gasteiger partial charge is 0.497 e. The van der Waals surface area contributed by atoms with Crippen LogP contribution in [0, 0.1) is 5.92 Å². The first-order valence-corrected chi connectivity index (χ1v) is 6.84. The first kappa shape index (κ1) is 14.4. The second kappa shape index (κ2) is 6.41. The molecule has 1 aromatic carbocycles. The fourth-order valence-corrected chi connectivity index (χ4v) is 2.21. The highest BCUT2D eigenvalue weighted by molar-refractivity contribution is 6.39. The summed E-state index contributed by atoms with van der Waals surface area (Å²) in [6.07, 6.45) is 1.92. The van der Waals surface area contributed by atoms with E-state index in [4.69, 9.17) is 4.74 Å². The molecule has 5 heteroatoms. The van der Waals surface area contributed by atoms with Gasteiger partial charge in [0.15, 0.2) is 0 Å². The number of ether oxygens (including phenoxy) is 1. The van der Waals surface area contributed by atoms with Gasteiger partial charge in [-0.25, -0.2) is 0 Å². The van der Waals surface area contributed by atoms with Crippen molar-refractivity contribution >= 4 is 17.5 Å². The summed E-state index contributed by atoms with van der Waals surface area (Å²) >= 11 is 0. The monoisotopic (exact) mass is 276 g/mol. The van der Waals surface area contributed by atoms with E-state index in [1.54, 1.807) is 36.3 Å². The van der Waals surface area contributed by atoms with E-state index in [0.717, 1.165) is 12.8 Å². The van der Waals surface area contributed by atoms with Crippen LogP contribution in [0.1, 0.15) is 19.8 Å². The number of rotatable bonds is 2. The third-order valence-electron chi connectivity index (χ3n) is 3.61. The molecule has 5 nitrogen and oxygen atoms in total. The summed E-state index contributed by atoms with van der Waals surface area (Å²) in [6.45, 7) is 3.49. The molecule has 0 bridgehead atoms. The second-order valence-electron chi connectivity index (χ2n) is 5.16. The van der Waals surface area contributed by atoms with Crippen LogP contribution in [0.25, 0.3) is 0 Å². The average Bonchev–Trinajstić information content (AvgIpc) is 2.48. The number of carbonyl (C=O) groups excluding carboxylic acids is 2. The Kier molecular flexibility index (Phi) is 4.61. The zero-order valence-electron chi connectivity index (χ0n) is 11.9. The van der Waals surface area contributed by atoms with Gasteiger partial charge in [0.25, 0.3) is 0 Å². The number of nitrogens with zero attached hydrogens (tertiary/aromatic N) is 1. The lowest BCUT2D eigenvalue weighted by molar-refractivity contribution is -0.144. The van der Waals surface area contributed by atoms with Crippen LogP contribution < -0.4 is 10.1 Å². The highest BCUT2D eigenvalue weighted by Gasteiger charge is 2.25. The molecule has 2 rings (SSSR count). The van der Waals surface area contributed by atoms with Gasteiger partial charge in [0, 0.05) is 18.8 Å². The molecule has 1 aliphatic heterocycles. The Morgan fingerprint density at radius 1 is 1.20 bits per heavy atom. The van der Waals surface area contributed by atoms with Gasteiger partial charge in [-0.15, -0.1) is 0 Å². The highest BCUT2D eigenvalue weighted by Crippen LogP contribution is 2.17. The Balaban J connectivity index is 1.91. The summed E-state index contributed by atoms with van der Waals surface area (Å²) in [4.78, 5) is 25.6. The number of anilines is 1. The number of hydrogen-bond donors (Lipinski definition) is 1. The Hall–Kier alpha value is -2.04. The standard InChI is InChI=1S/C15H20N2O3/c1-11-7-9-17(10-8-11)15(19)14(18)16-12-3-5-13(20-2)6-4-12/h3-6,11H,7-10H2,1-2H3,(H,16,18).